The highest BCUT2D eigenvalue weighted by Crippen LogP contribution is 2.26. The van der Waals surface area contributed by atoms with E-state index in [1.165, 1.54) is 4.31 Å². The first-order valence-corrected chi connectivity index (χ1v) is 11.0. The Hall–Kier alpha value is -2.38. The summed E-state index contributed by atoms with van der Waals surface area (Å²) in [7, 11) is 0.456. The first-order valence-electron chi connectivity index (χ1n) is 9.42. The zero-order valence-electron chi connectivity index (χ0n) is 16.6. The van der Waals surface area contributed by atoms with E-state index < -0.39 is 16.1 Å². The lowest BCUT2D eigenvalue weighted by Gasteiger charge is -2.34. The van der Waals surface area contributed by atoms with Gasteiger partial charge in [-0.05, 0) is 42.2 Å². The first kappa shape index (κ1) is 20.4. The maximum absolute atomic E-state index is 12.9. The fourth-order valence-electron chi connectivity index (χ4n) is 3.40. The molecular weight excluding hydrogens is 374 g/mol. The molecule has 2 aromatic rings. The smallest absolute Gasteiger partial charge is 0.239 e. The fraction of sp³-hybridized carbons (Fsp3) is 0.381. The monoisotopic (exact) mass is 401 g/mol. The number of sulfonamides is 1. The summed E-state index contributed by atoms with van der Waals surface area (Å²) in [6.45, 7) is 2.21. The van der Waals surface area contributed by atoms with E-state index in [0.717, 1.165) is 22.4 Å². The summed E-state index contributed by atoms with van der Waals surface area (Å²) in [5.74, 6) is -0.284. The van der Waals surface area contributed by atoms with E-state index >= 15 is 0 Å². The number of carbonyl (C=O) groups is 1. The highest BCUT2D eigenvalue weighted by atomic mass is 32.2. The number of hydrogen-bond acceptors (Lipinski definition) is 4. The molecule has 150 valence electrons. The molecule has 7 heteroatoms. The Morgan fingerprint density at radius 1 is 1.11 bits per heavy atom. The number of carbonyl (C=O) groups excluding carboxylic acids is 1. The molecule has 0 radical (unpaired) electrons. The number of nitrogens with one attached hydrogen (secondary N) is 1. The van der Waals surface area contributed by atoms with Crippen molar-refractivity contribution >= 4 is 21.6 Å². The molecule has 1 N–H and O–H groups in total. The summed E-state index contributed by atoms with van der Waals surface area (Å²) in [5.41, 5.74) is 4.04. The lowest BCUT2D eigenvalue weighted by Crippen LogP contribution is -2.52. The van der Waals surface area contributed by atoms with Crippen LogP contribution >= 0.6 is 0 Å². The van der Waals surface area contributed by atoms with Crippen LogP contribution in [-0.2, 0) is 34.3 Å². The van der Waals surface area contributed by atoms with Crippen LogP contribution in [0.3, 0.4) is 0 Å². The topological polar surface area (TPSA) is 69.7 Å². The third-order valence-corrected chi connectivity index (χ3v) is 6.98. The molecule has 2 aromatic carbocycles. The van der Waals surface area contributed by atoms with Gasteiger partial charge in [-0.15, -0.1) is 0 Å². The zero-order chi connectivity index (χ0) is 20.3. The molecule has 1 amide bonds. The maximum atomic E-state index is 12.9. The fourth-order valence-corrected chi connectivity index (χ4v) is 4.62. The summed E-state index contributed by atoms with van der Waals surface area (Å²) < 4.78 is 26.5. The number of amides is 1. The number of anilines is 1. The molecule has 1 heterocycles. The average molecular weight is 402 g/mol. The van der Waals surface area contributed by atoms with Crippen LogP contribution in [0.25, 0.3) is 0 Å². The van der Waals surface area contributed by atoms with E-state index in [9.17, 15) is 13.2 Å². The molecule has 0 fully saturated rings. The number of rotatable bonds is 6. The van der Waals surface area contributed by atoms with Crippen LogP contribution in [0.15, 0.2) is 48.5 Å². The van der Waals surface area contributed by atoms with Crippen molar-refractivity contribution in [3.8, 4) is 0 Å². The van der Waals surface area contributed by atoms with Crippen LogP contribution < -0.4 is 10.2 Å². The Balaban J connectivity index is 1.76. The van der Waals surface area contributed by atoms with Gasteiger partial charge in [0.25, 0.3) is 0 Å². The Morgan fingerprint density at radius 3 is 2.36 bits per heavy atom. The van der Waals surface area contributed by atoms with Crippen LogP contribution in [0.2, 0.25) is 0 Å². The van der Waals surface area contributed by atoms with Crippen molar-refractivity contribution in [3.63, 3.8) is 0 Å². The molecule has 1 unspecified atom stereocenters. The van der Waals surface area contributed by atoms with Crippen LogP contribution in [0.5, 0.6) is 0 Å². The van der Waals surface area contributed by atoms with Crippen molar-refractivity contribution in [2.75, 3.05) is 24.7 Å². The molecule has 6 nitrogen and oxygen atoms in total. The number of nitrogens with zero attached hydrogens (tertiary/aromatic N) is 2. The summed E-state index contributed by atoms with van der Waals surface area (Å²) in [5, 5.41) is 2.92. The second-order valence-corrected chi connectivity index (χ2v) is 9.42. The first-order chi connectivity index (χ1) is 13.3. The van der Waals surface area contributed by atoms with Crippen molar-refractivity contribution in [2.24, 2.45) is 0 Å². The number of hydrogen-bond donors (Lipinski definition) is 1. The van der Waals surface area contributed by atoms with E-state index in [1.54, 1.807) is 6.92 Å². The van der Waals surface area contributed by atoms with E-state index in [4.69, 9.17) is 0 Å². The highest BCUT2D eigenvalue weighted by Gasteiger charge is 2.37. The van der Waals surface area contributed by atoms with Gasteiger partial charge in [-0.25, -0.2) is 8.42 Å². The molecule has 3 rings (SSSR count). The van der Waals surface area contributed by atoms with Crippen molar-refractivity contribution in [1.82, 2.24) is 9.62 Å². The average Bonchev–Trinajstić information content (AvgIpc) is 2.71. The van der Waals surface area contributed by atoms with E-state index in [2.05, 4.69) is 5.32 Å². The lowest BCUT2D eigenvalue weighted by atomic mass is 9.95. The molecule has 0 bridgehead atoms. The quantitative estimate of drug-likeness (QED) is 0.805. The maximum Gasteiger partial charge on any atom is 0.239 e. The van der Waals surface area contributed by atoms with Crippen molar-refractivity contribution < 1.29 is 13.2 Å². The van der Waals surface area contributed by atoms with Crippen LogP contribution in [-0.4, -0.2) is 44.5 Å². The lowest BCUT2D eigenvalue weighted by molar-refractivity contribution is -0.125. The van der Waals surface area contributed by atoms with Crippen molar-refractivity contribution in [2.45, 2.75) is 32.5 Å². The molecule has 28 heavy (non-hydrogen) atoms. The predicted molar refractivity (Wildman–Crippen MR) is 112 cm³/mol. The van der Waals surface area contributed by atoms with Crippen LogP contribution in [0.4, 0.5) is 5.69 Å². The van der Waals surface area contributed by atoms with E-state index in [0.29, 0.717) is 13.0 Å². The minimum Gasteiger partial charge on any atom is -0.378 e. The number of fused-ring (bicyclic) bond motifs is 1. The third kappa shape index (κ3) is 4.36. The van der Waals surface area contributed by atoms with Gasteiger partial charge in [0.05, 0.1) is 5.75 Å². The summed E-state index contributed by atoms with van der Waals surface area (Å²) in [4.78, 5) is 14.9. The molecule has 1 aliphatic heterocycles. The normalized spacial score (nSPS) is 17.0. The molecule has 1 aliphatic rings. The van der Waals surface area contributed by atoms with Gasteiger partial charge in [0, 0.05) is 32.9 Å². The molecule has 0 aromatic heterocycles. The van der Waals surface area contributed by atoms with Gasteiger partial charge in [-0.2, -0.15) is 4.31 Å². The molecule has 1 atom stereocenters. The van der Waals surface area contributed by atoms with Gasteiger partial charge in [0.2, 0.25) is 15.9 Å². The molecule has 0 spiro atoms. The van der Waals surface area contributed by atoms with Crippen LogP contribution in [0.1, 0.15) is 23.6 Å². The second-order valence-electron chi connectivity index (χ2n) is 7.21. The molecule has 0 saturated heterocycles. The molecular formula is C21H27N3O3S. The van der Waals surface area contributed by atoms with E-state index in [-0.39, 0.29) is 18.2 Å². The third-order valence-electron chi connectivity index (χ3n) is 5.15. The minimum atomic E-state index is -3.49. The minimum absolute atomic E-state index is 0.0229. The summed E-state index contributed by atoms with van der Waals surface area (Å²) in [6, 6.07) is 14.9. The zero-order valence-corrected chi connectivity index (χ0v) is 17.4. The Labute approximate surface area is 167 Å². The largest absolute Gasteiger partial charge is 0.378 e. The Bertz CT molecular complexity index is 940. The number of benzene rings is 2. The second kappa shape index (κ2) is 8.32. The van der Waals surface area contributed by atoms with Gasteiger partial charge in [-0.3, -0.25) is 4.79 Å². The van der Waals surface area contributed by atoms with Gasteiger partial charge in [0.1, 0.15) is 6.04 Å². The standard InChI is InChI=1S/C21H27N3O3S/c1-4-28(26,27)24-15-18-8-6-5-7-17(18)13-20(24)21(25)22-14-16-9-11-19(12-10-16)23(2)3/h5-12,20H,4,13-15H2,1-3H3,(H,22,25). The van der Waals surface area contributed by atoms with E-state index in [1.807, 2.05) is 67.5 Å². The SMILES string of the molecule is CCS(=O)(=O)N1Cc2ccccc2CC1C(=O)NCc1ccc(N(C)C)cc1. The molecule has 0 saturated carbocycles. The van der Waals surface area contributed by atoms with Crippen LogP contribution in [0, 0.1) is 0 Å². The van der Waals surface area contributed by atoms with Gasteiger partial charge >= 0.3 is 0 Å². The Morgan fingerprint density at radius 2 is 1.75 bits per heavy atom. The summed E-state index contributed by atoms with van der Waals surface area (Å²) >= 11 is 0. The Kier molecular flexibility index (Phi) is 6.05. The molecule has 0 aliphatic carbocycles. The van der Waals surface area contributed by atoms with Gasteiger partial charge in [0.15, 0.2) is 0 Å². The predicted octanol–water partition coefficient (Wildman–Crippen LogP) is 2.15. The van der Waals surface area contributed by atoms with Gasteiger partial charge < -0.3 is 10.2 Å². The van der Waals surface area contributed by atoms with Crippen molar-refractivity contribution in [3.05, 3.63) is 65.2 Å². The highest BCUT2D eigenvalue weighted by molar-refractivity contribution is 7.89. The summed E-state index contributed by atoms with van der Waals surface area (Å²) in [6.07, 6.45) is 0.390. The van der Waals surface area contributed by atoms with Crippen molar-refractivity contribution in [1.29, 1.82) is 0 Å². The van der Waals surface area contributed by atoms with Gasteiger partial charge in [-0.1, -0.05) is 36.4 Å².